The van der Waals surface area contributed by atoms with E-state index in [1.54, 1.807) is 6.07 Å². The van der Waals surface area contributed by atoms with Crippen molar-refractivity contribution in [3.63, 3.8) is 0 Å². The zero-order chi connectivity index (χ0) is 13.8. The fourth-order valence-electron chi connectivity index (χ4n) is 2.14. The van der Waals surface area contributed by atoms with Crippen molar-refractivity contribution in [1.82, 2.24) is 0 Å². The average Bonchev–Trinajstić information content (AvgIpc) is 2.38. The van der Waals surface area contributed by atoms with E-state index in [1.807, 2.05) is 36.2 Å². The first kappa shape index (κ1) is 13.8. The van der Waals surface area contributed by atoms with E-state index < -0.39 is 0 Å². The SMILES string of the molecule is CN(Cc1cccc(F)c1)c1c(Cl)cccc1CN. The first-order valence-electron chi connectivity index (χ1n) is 6.05. The zero-order valence-corrected chi connectivity index (χ0v) is 11.5. The van der Waals surface area contributed by atoms with E-state index in [9.17, 15) is 4.39 Å². The van der Waals surface area contributed by atoms with E-state index in [0.717, 1.165) is 16.8 Å². The quantitative estimate of drug-likeness (QED) is 0.926. The van der Waals surface area contributed by atoms with Crippen LogP contribution in [0.1, 0.15) is 11.1 Å². The molecule has 0 radical (unpaired) electrons. The van der Waals surface area contributed by atoms with E-state index >= 15 is 0 Å². The number of nitrogens with zero attached hydrogens (tertiary/aromatic N) is 1. The molecular formula is C15H16ClFN2. The molecule has 2 N–H and O–H groups in total. The normalized spacial score (nSPS) is 10.5. The summed E-state index contributed by atoms with van der Waals surface area (Å²) in [6, 6.07) is 12.2. The Kier molecular flexibility index (Phi) is 4.40. The third-order valence-electron chi connectivity index (χ3n) is 2.98. The molecule has 0 amide bonds. The topological polar surface area (TPSA) is 29.3 Å². The number of benzene rings is 2. The molecular weight excluding hydrogens is 263 g/mol. The summed E-state index contributed by atoms with van der Waals surface area (Å²) in [6.07, 6.45) is 0. The van der Waals surface area contributed by atoms with Crippen LogP contribution >= 0.6 is 11.6 Å². The van der Waals surface area contributed by atoms with Crippen LogP contribution in [-0.2, 0) is 13.1 Å². The molecule has 0 spiro atoms. The number of hydrogen-bond donors (Lipinski definition) is 1. The largest absolute Gasteiger partial charge is 0.369 e. The van der Waals surface area contributed by atoms with Crippen LogP contribution in [0.2, 0.25) is 5.02 Å². The summed E-state index contributed by atoms with van der Waals surface area (Å²) >= 11 is 6.23. The fourth-order valence-corrected chi connectivity index (χ4v) is 2.48. The highest BCUT2D eigenvalue weighted by Gasteiger charge is 2.11. The van der Waals surface area contributed by atoms with Gasteiger partial charge in [-0.15, -0.1) is 0 Å². The molecule has 0 bridgehead atoms. The van der Waals surface area contributed by atoms with Crippen molar-refractivity contribution in [3.05, 3.63) is 64.4 Å². The lowest BCUT2D eigenvalue weighted by Crippen LogP contribution is -2.19. The standard InChI is InChI=1S/C15H16ClFN2/c1-19(10-11-4-2-6-13(17)8-11)15-12(9-18)5-3-7-14(15)16/h2-8H,9-10,18H2,1H3. The van der Waals surface area contributed by atoms with Crippen LogP contribution in [0.4, 0.5) is 10.1 Å². The van der Waals surface area contributed by atoms with Crippen molar-refractivity contribution in [2.75, 3.05) is 11.9 Å². The molecule has 0 aromatic heterocycles. The number of halogens is 2. The second-order valence-corrected chi connectivity index (χ2v) is 4.84. The Bertz CT molecular complexity index is 572. The maximum absolute atomic E-state index is 13.2. The summed E-state index contributed by atoms with van der Waals surface area (Å²) < 4.78 is 13.2. The summed E-state index contributed by atoms with van der Waals surface area (Å²) in [5, 5.41) is 0.654. The van der Waals surface area contributed by atoms with E-state index in [-0.39, 0.29) is 5.82 Å². The first-order valence-corrected chi connectivity index (χ1v) is 6.42. The Labute approximate surface area is 117 Å². The molecule has 0 fully saturated rings. The van der Waals surface area contributed by atoms with Gasteiger partial charge >= 0.3 is 0 Å². The highest BCUT2D eigenvalue weighted by molar-refractivity contribution is 6.33. The summed E-state index contributed by atoms with van der Waals surface area (Å²) in [4.78, 5) is 1.99. The molecule has 2 rings (SSSR count). The monoisotopic (exact) mass is 278 g/mol. The molecule has 100 valence electrons. The molecule has 2 aromatic carbocycles. The van der Waals surface area contributed by atoms with Crippen molar-refractivity contribution in [2.24, 2.45) is 5.73 Å². The summed E-state index contributed by atoms with van der Waals surface area (Å²) in [6.45, 7) is 0.998. The second-order valence-electron chi connectivity index (χ2n) is 4.44. The van der Waals surface area contributed by atoms with Crippen LogP contribution in [0.25, 0.3) is 0 Å². The van der Waals surface area contributed by atoms with Gasteiger partial charge < -0.3 is 10.6 Å². The van der Waals surface area contributed by atoms with Crippen LogP contribution in [0.5, 0.6) is 0 Å². The molecule has 0 atom stereocenters. The Morgan fingerprint density at radius 2 is 1.95 bits per heavy atom. The van der Waals surface area contributed by atoms with Crippen LogP contribution in [0.3, 0.4) is 0 Å². The Balaban J connectivity index is 2.27. The molecule has 0 saturated carbocycles. The summed E-state index contributed by atoms with van der Waals surface area (Å²) in [5.41, 5.74) is 8.50. The van der Waals surface area contributed by atoms with Crippen molar-refractivity contribution in [1.29, 1.82) is 0 Å². The molecule has 0 aliphatic carbocycles. The fraction of sp³-hybridized carbons (Fsp3) is 0.200. The number of nitrogens with two attached hydrogens (primary N) is 1. The lowest BCUT2D eigenvalue weighted by molar-refractivity contribution is 0.625. The summed E-state index contributed by atoms with van der Waals surface area (Å²) in [7, 11) is 1.92. The third-order valence-corrected chi connectivity index (χ3v) is 3.29. The van der Waals surface area contributed by atoms with Gasteiger partial charge in [-0.3, -0.25) is 0 Å². The van der Waals surface area contributed by atoms with Crippen molar-refractivity contribution in [2.45, 2.75) is 13.1 Å². The lowest BCUT2D eigenvalue weighted by atomic mass is 10.1. The van der Waals surface area contributed by atoms with Gasteiger partial charge in [0.05, 0.1) is 10.7 Å². The predicted octanol–water partition coefficient (Wildman–Crippen LogP) is 3.57. The number of rotatable bonds is 4. The van der Waals surface area contributed by atoms with Gasteiger partial charge in [-0.05, 0) is 29.3 Å². The zero-order valence-electron chi connectivity index (χ0n) is 10.7. The van der Waals surface area contributed by atoms with Crippen LogP contribution in [0.15, 0.2) is 42.5 Å². The second kappa shape index (κ2) is 6.04. The number of anilines is 1. The Morgan fingerprint density at radius 1 is 1.21 bits per heavy atom. The minimum absolute atomic E-state index is 0.232. The van der Waals surface area contributed by atoms with Crippen LogP contribution < -0.4 is 10.6 Å². The van der Waals surface area contributed by atoms with Gasteiger partial charge in [-0.25, -0.2) is 4.39 Å². The van der Waals surface area contributed by atoms with Gasteiger partial charge in [0.2, 0.25) is 0 Å². The molecule has 2 nitrogen and oxygen atoms in total. The predicted molar refractivity (Wildman–Crippen MR) is 77.9 cm³/mol. The molecule has 0 aliphatic heterocycles. The minimum Gasteiger partial charge on any atom is -0.369 e. The molecule has 2 aromatic rings. The van der Waals surface area contributed by atoms with E-state index in [4.69, 9.17) is 17.3 Å². The van der Waals surface area contributed by atoms with Gasteiger partial charge in [0.25, 0.3) is 0 Å². The molecule has 0 heterocycles. The number of para-hydroxylation sites is 1. The molecule has 0 saturated heterocycles. The Morgan fingerprint density at radius 3 is 2.63 bits per heavy atom. The van der Waals surface area contributed by atoms with Crippen molar-refractivity contribution >= 4 is 17.3 Å². The number of hydrogen-bond acceptors (Lipinski definition) is 2. The van der Waals surface area contributed by atoms with Gasteiger partial charge in [0.15, 0.2) is 0 Å². The van der Waals surface area contributed by atoms with Crippen molar-refractivity contribution < 1.29 is 4.39 Å². The highest BCUT2D eigenvalue weighted by Crippen LogP contribution is 2.29. The van der Waals surface area contributed by atoms with Crippen LogP contribution in [-0.4, -0.2) is 7.05 Å². The highest BCUT2D eigenvalue weighted by atomic mass is 35.5. The van der Waals surface area contributed by atoms with Gasteiger partial charge in [0.1, 0.15) is 5.82 Å². The summed E-state index contributed by atoms with van der Waals surface area (Å²) in [5.74, 6) is -0.232. The van der Waals surface area contributed by atoms with E-state index in [0.29, 0.717) is 18.1 Å². The molecule has 19 heavy (non-hydrogen) atoms. The maximum Gasteiger partial charge on any atom is 0.123 e. The van der Waals surface area contributed by atoms with E-state index in [2.05, 4.69) is 0 Å². The van der Waals surface area contributed by atoms with Gasteiger partial charge in [0, 0.05) is 20.1 Å². The van der Waals surface area contributed by atoms with Crippen molar-refractivity contribution in [3.8, 4) is 0 Å². The minimum atomic E-state index is -0.232. The van der Waals surface area contributed by atoms with Gasteiger partial charge in [-0.2, -0.15) is 0 Å². The van der Waals surface area contributed by atoms with Gasteiger partial charge in [-0.1, -0.05) is 35.9 Å². The smallest absolute Gasteiger partial charge is 0.123 e. The first-order chi connectivity index (χ1) is 9.11. The molecule has 0 aliphatic rings. The maximum atomic E-state index is 13.2. The molecule has 4 heteroatoms. The third kappa shape index (κ3) is 3.25. The lowest BCUT2D eigenvalue weighted by Gasteiger charge is -2.23. The van der Waals surface area contributed by atoms with E-state index in [1.165, 1.54) is 12.1 Å². The Hall–Kier alpha value is -1.58. The molecule has 0 unspecified atom stereocenters. The van der Waals surface area contributed by atoms with Crippen LogP contribution in [0, 0.1) is 5.82 Å². The average molecular weight is 279 g/mol.